The number of carbonyl (C=O) groups excluding carboxylic acids is 1. The minimum absolute atomic E-state index is 0.0174. The van der Waals surface area contributed by atoms with Crippen molar-refractivity contribution in [3.8, 4) is 11.5 Å². The van der Waals surface area contributed by atoms with Crippen LogP contribution < -0.4 is 9.47 Å². The van der Waals surface area contributed by atoms with Gasteiger partial charge in [-0.05, 0) is 31.9 Å². The van der Waals surface area contributed by atoms with Crippen LogP contribution in [0.1, 0.15) is 41.0 Å². The average Bonchev–Trinajstić information content (AvgIpc) is 3.23. The molecular formula is C22H23N3O5S. The van der Waals surface area contributed by atoms with Gasteiger partial charge in [0.2, 0.25) is 0 Å². The second-order valence-electron chi connectivity index (χ2n) is 7.30. The molecule has 0 bridgehead atoms. The molecule has 3 aromatic rings. The number of ether oxygens (including phenoxy) is 2. The highest BCUT2D eigenvalue weighted by Gasteiger charge is 2.31. The predicted molar refractivity (Wildman–Crippen MR) is 118 cm³/mol. The predicted octanol–water partition coefficient (Wildman–Crippen LogP) is 4.63. The zero-order valence-corrected chi connectivity index (χ0v) is 18.2. The summed E-state index contributed by atoms with van der Waals surface area (Å²) in [4.78, 5) is 30.6. The number of piperidine rings is 1. The van der Waals surface area contributed by atoms with Crippen molar-refractivity contribution in [3.63, 3.8) is 0 Å². The Kier molecular flexibility index (Phi) is 6.03. The monoisotopic (exact) mass is 441 g/mol. The van der Waals surface area contributed by atoms with E-state index in [2.05, 4.69) is 6.07 Å². The Labute approximate surface area is 183 Å². The fourth-order valence-electron chi connectivity index (χ4n) is 3.86. The van der Waals surface area contributed by atoms with E-state index in [1.165, 1.54) is 19.2 Å². The summed E-state index contributed by atoms with van der Waals surface area (Å²) in [5, 5.41) is 12.7. The Bertz CT molecular complexity index is 1090. The van der Waals surface area contributed by atoms with Crippen LogP contribution in [0.25, 0.3) is 10.2 Å². The lowest BCUT2D eigenvalue weighted by Gasteiger charge is -2.31. The van der Waals surface area contributed by atoms with Crippen LogP contribution in [0.2, 0.25) is 0 Å². The lowest BCUT2D eigenvalue weighted by Crippen LogP contribution is -2.38. The Balaban J connectivity index is 1.53. The number of methoxy groups -OCH3 is 1. The van der Waals surface area contributed by atoms with Crippen molar-refractivity contribution in [1.82, 2.24) is 9.88 Å². The highest BCUT2D eigenvalue weighted by Crippen LogP contribution is 2.37. The minimum atomic E-state index is -0.553. The number of rotatable bonds is 6. The van der Waals surface area contributed by atoms with Gasteiger partial charge in [0, 0.05) is 25.1 Å². The van der Waals surface area contributed by atoms with E-state index in [-0.39, 0.29) is 28.8 Å². The number of fused-ring (bicyclic) bond motifs is 1. The molecule has 0 spiro atoms. The number of hydrogen-bond acceptors (Lipinski definition) is 7. The summed E-state index contributed by atoms with van der Waals surface area (Å²) in [7, 11) is 1.45. The molecule has 1 aliphatic heterocycles. The number of thiazole rings is 1. The number of hydrogen-bond donors (Lipinski definition) is 0. The summed E-state index contributed by atoms with van der Waals surface area (Å²) in [6, 6.07) is 10.7. The molecule has 4 rings (SSSR count). The summed E-state index contributed by atoms with van der Waals surface area (Å²) in [6.07, 6.45) is 1.54. The van der Waals surface area contributed by atoms with Gasteiger partial charge in [0.15, 0.2) is 11.5 Å². The summed E-state index contributed by atoms with van der Waals surface area (Å²) in [5.74, 6) is 0.477. The second kappa shape index (κ2) is 8.89. The van der Waals surface area contributed by atoms with Crippen molar-refractivity contribution in [2.24, 2.45) is 0 Å². The number of nitro groups is 1. The van der Waals surface area contributed by atoms with Gasteiger partial charge in [-0.25, -0.2) is 4.98 Å². The van der Waals surface area contributed by atoms with Gasteiger partial charge in [-0.1, -0.05) is 12.1 Å². The van der Waals surface area contributed by atoms with Crippen molar-refractivity contribution in [2.45, 2.75) is 25.7 Å². The molecule has 0 saturated carbocycles. The number of aromatic nitrogens is 1. The SMILES string of the molecule is CCOc1cc([N+](=O)[O-])c(C(=O)N2CCC(c3nc4ccccc4s3)CC2)cc1OC. The zero-order chi connectivity index (χ0) is 22.0. The zero-order valence-electron chi connectivity index (χ0n) is 17.4. The van der Waals surface area contributed by atoms with Crippen molar-refractivity contribution in [3.05, 3.63) is 57.1 Å². The third-order valence-electron chi connectivity index (χ3n) is 5.45. The molecule has 31 heavy (non-hydrogen) atoms. The highest BCUT2D eigenvalue weighted by molar-refractivity contribution is 7.18. The maximum Gasteiger partial charge on any atom is 0.286 e. The van der Waals surface area contributed by atoms with E-state index in [1.807, 2.05) is 18.2 Å². The number of likely N-dealkylation sites (tertiary alicyclic amines) is 1. The lowest BCUT2D eigenvalue weighted by atomic mass is 9.96. The standard InChI is InChI=1S/C22H23N3O5S/c1-3-30-19-13-17(25(27)28)15(12-18(19)29-2)22(26)24-10-8-14(9-11-24)21-23-16-6-4-5-7-20(16)31-21/h4-7,12-14H,3,8-11H2,1-2H3. The summed E-state index contributed by atoms with van der Waals surface area (Å²) >= 11 is 1.69. The maximum atomic E-state index is 13.2. The third kappa shape index (κ3) is 4.18. The molecule has 2 aromatic carbocycles. The first kappa shape index (κ1) is 21.0. The molecule has 1 amide bonds. The molecule has 162 valence electrons. The minimum Gasteiger partial charge on any atom is -0.493 e. The molecule has 0 radical (unpaired) electrons. The van der Waals surface area contributed by atoms with Crippen LogP contribution in [-0.2, 0) is 0 Å². The number of para-hydroxylation sites is 1. The van der Waals surface area contributed by atoms with Gasteiger partial charge >= 0.3 is 0 Å². The van der Waals surface area contributed by atoms with Gasteiger partial charge in [0.25, 0.3) is 11.6 Å². The highest BCUT2D eigenvalue weighted by atomic mass is 32.1. The van der Waals surface area contributed by atoms with E-state index >= 15 is 0 Å². The van der Waals surface area contributed by atoms with E-state index in [4.69, 9.17) is 14.5 Å². The van der Waals surface area contributed by atoms with Crippen LogP contribution >= 0.6 is 11.3 Å². The van der Waals surface area contributed by atoms with E-state index in [1.54, 1.807) is 23.2 Å². The van der Waals surface area contributed by atoms with Crippen LogP contribution in [0.5, 0.6) is 11.5 Å². The van der Waals surface area contributed by atoms with Gasteiger partial charge in [-0.15, -0.1) is 11.3 Å². The van der Waals surface area contributed by atoms with Crippen molar-refractivity contribution < 1.29 is 19.2 Å². The van der Waals surface area contributed by atoms with Crippen molar-refractivity contribution >= 4 is 33.1 Å². The van der Waals surface area contributed by atoms with Crippen molar-refractivity contribution in [2.75, 3.05) is 26.8 Å². The Hall–Kier alpha value is -3.20. The van der Waals surface area contributed by atoms with Crippen LogP contribution in [0.3, 0.4) is 0 Å². The van der Waals surface area contributed by atoms with Gasteiger partial charge in [0.05, 0.1) is 39.9 Å². The topological polar surface area (TPSA) is 94.8 Å². The first-order valence-corrected chi connectivity index (χ1v) is 11.0. The number of nitrogens with zero attached hydrogens (tertiary/aromatic N) is 3. The largest absolute Gasteiger partial charge is 0.493 e. The third-order valence-corrected chi connectivity index (χ3v) is 6.65. The quantitative estimate of drug-likeness (QED) is 0.409. The summed E-state index contributed by atoms with van der Waals surface area (Å²) < 4.78 is 11.9. The summed E-state index contributed by atoms with van der Waals surface area (Å²) in [6.45, 7) is 3.15. The van der Waals surface area contributed by atoms with E-state index in [0.29, 0.717) is 25.4 Å². The Morgan fingerprint density at radius 3 is 2.65 bits per heavy atom. The average molecular weight is 442 g/mol. The number of benzene rings is 2. The van der Waals surface area contributed by atoms with Crippen molar-refractivity contribution in [1.29, 1.82) is 0 Å². The molecular weight excluding hydrogens is 418 g/mol. The molecule has 0 N–H and O–H groups in total. The van der Waals surface area contributed by atoms with Crippen LogP contribution in [0.4, 0.5) is 5.69 Å². The van der Waals surface area contributed by atoms with Gasteiger partial charge in [-0.2, -0.15) is 0 Å². The van der Waals surface area contributed by atoms with Crippen LogP contribution in [-0.4, -0.2) is 47.5 Å². The Morgan fingerprint density at radius 1 is 1.26 bits per heavy atom. The molecule has 2 heterocycles. The molecule has 0 atom stereocenters. The van der Waals surface area contributed by atoms with Gasteiger partial charge in [0.1, 0.15) is 5.56 Å². The summed E-state index contributed by atoms with van der Waals surface area (Å²) in [5.41, 5.74) is 0.740. The number of amides is 1. The normalized spacial score (nSPS) is 14.6. The lowest BCUT2D eigenvalue weighted by molar-refractivity contribution is -0.385. The molecule has 0 unspecified atom stereocenters. The van der Waals surface area contributed by atoms with Crippen LogP contribution in [0, 0.1) is 10.1 Å². The molecule has 1 fully saturated rings. The second-order valence-corrected chi connectivity index (χ2v) is 8.36. The molecule has 8 nitrogen and oxygen atoms in total. The smallest absolute Gasteiger partial charge is 0.286 e. The van der Waals surface area contributed by atoms with E-state index < -0.39 is 4.92 Å². The first-order chi connectivity index (χ1) is 15.0. The van der Waals surface area contributed by atoms with Gasteiger partial charge < -0.3 is 14.4 Å². The van der Waals surface area contributed by atoms with E-state index in [9.17, 15) is 14.9 Å². The maximum absolute atomic E-state index is 13.2. The molecule has 1 saturated heterocycles. The molecule has 1 aliphatic rings. The van der Waals surface area contributed by atoms with Gasteiger partial charge in [-0.3, -0.25) is 14.9 Å². The van der Waals surface area contributed by atoms with E-state index in [0.717, 1.165) is 28.1 Å². The number of nitro benzene ring substituents is 1. The first-order valence-electron chi connectivity index (χ1n) is 10.2. The van der Waals surface area contributed by atoms with Crippen LogP contribution in [0.15, 0.2) is 36.4 Å². The molecule has 1 aromatic heterocycles. The fraction of sp³-hybridized carbons (Fsp3) is 0.364. The Morgan fingerprint density at radius 2 is 2.00 bits per heavy atom. The molecule has 0 aliphatic carbocycles. The molecule has 9 heteroatoms. The number of carbonyl (C=O) groups is 1. The fourth-order valence-corrected chi connectivity index (χ4v) is 5.00.